The van der Waals surface area contributed by atoms with Crippen molar-refractivity contribution in [3.8, 4) is 5.75 Å². The number of aromatic nitrogens is 1. The molecule has 0 spiro atoms. The van der Waals surface area contributed by atoms with Crippen LogP contribution in [-0.2, 0) is 16.0 Å². The molecule has 6 heteroatoms. The van der Waals surface area contributed by atoms with Crippen LogP contribution < -0.4 is 10.1 Å². The lowest BCUT2D eigenvalue weighted by Gasteiger charge is -2.16. The molecule has 120 valence electrons. The predicted molar refractivity (Wildman–Crippen MR) is 84.2 cm³/mol. The van der Waals surface area contributed by atoms with E-state index >= 15 is 0 Å². The largest absolute Gasteiger partial charge is 0.497 e. The second-order valence-electron chi connectivity index (χ2n) is 4.82. The summed E-state index contributed by atoms with van der Waals surface area (Å²) in [6.45, 7) is 0. The Labute approximate surface area is 134 Å². The van der Waals surface area contributed by atoms with Crippen LogP contribution in [0.5, 0.6) is 5.75 Å². The molecule has 0 bridgehead atoms. The van der Waals surface area contributed by atoms with E-state index in [1.807, 2.05) is 24.3 Å². The van der Waals surface area contributed by atoms with Crippen molar-refractivity contribution in [3.05, 3.63) is 59.9 Å². The van der Waals surface area contributed by atoms with Gasteiger partial charge in [-0.05, 0) is 29.8 Å². The van der Waals surface area contributed by atoms with Crippen LogP contribution in [0.25, 0.3) is 0 Å². The molecule has 0 saturated heterocycles. The summed E-state index contributed by atoms with van der Waals surface area (Å²) in [6, 6.07) is 11.5. The van der Waals surface area contributed by atoms with Gasteiger partial charge in [0.1, 0.15) is 17.5 Å². The molecule has 1 heterocycles. The fourth-order valence-corrected chi connectivity index (χ4v) is 2.10. The van der Waals surface area contributed by atoms with Crippen molar-refractivity contribution in [1.29, 1.82) is 0 Å². The van der Waals surface area contributed by atoms with E-state index in [9.17, 15) is 9.59 Å². The predicted octanol–water partition coefficient (Wildman–Crippen LogP) is 1.60. The number of hydrogen-bond acceptors (Lipinski definition) is 5. The van der Waals surface area contributed by atoms with E-state index in [2.05, 4.69) is 10.3 Å². The van der Waals surface area contributed by atoms with Gasteiger partial charge in [0.2, 0.25) is 0 Å². The Kier molecular flexibility index (Phi) is 5.68. The first kappa shape index (κ1) is 16.5. The van der Waals surface area contributed by atoms with E-state index in [-0.39, 0.29) is 5.69 Å². The van der Waals surface area contributed by atoms with Crippen molar-refractivity contribution in [3.63, 3.8) is 0 Å². The lowest BCUT2D eigenvalue weighted by atomic mass is 10.1. The smallest absolute Gasteiger partial charge is 0.328 e. The topological polar surface area (TPSA) is 77.5 Å². The summed E-state index contributed by atoms with van der Waals surface area (Å²) in [4.78, 5) is 28.1. The fraction of sp³-hybridized carbons (Fsp3) is 0.235. The van der Waals surface area contributed by atoms with Gasteiger partial charge in [0.05, 0.1) is 14.2 Å². The quantitative estimate of drug-likeness (QED) is 0.820. The Morgan fingerprint density at radius 3 is 2.65 bits per heavy atom. The van der Waals surface area contributed by atoms with Crippen LogP contribution in [-0.4, -0.2) is 37.1 Å². The van der Waals surface area contributed by atoms with Gasteiger partial charge >= 0.3 is 5.97 Å². The van der Waals surface area contributed by atoms with Crippen molar-refractivity contribution in [2.24, 2.45) is 0 Å². The van der Waals surface area contributed by atoms with E-state index in [4.69, 9.17) is 9.47 Å². The molecule has 0 radical (unpaired) electrons. The minimum Gasteiger partial charge on any atom is -0.497 e. The summed E-state index contributed by atoms with van der Waals surface area (Å²) in [6.07, 6.45) is 1.81. The summed E-state index contributed by atoms with van der Waals surface area (Å²) in [7, 11) is 2.85. The van der Waals surface area contributed by atoms with Gasteiger partial charge in [-0.3, -0.25) is 9.78 Å². The van der Waals surface area contributed by atoms with Crippen LogP contribution >= 0.6 is 0 Å². The van der Waals surface area contributed by atoms with Crippen LogP contribution in [0.4, 0.5) is 0 Å². The van der Waals surface area contributed by atoms with Crippen molar-refractivity contribution in [1.82, 2.24) is 10.3 Å². The number of methoxy groups -OCH3 is 2. The number of esters is 1. The van der Waals surface area contributed by atoms with Crippen molar-refractivity contribution in [2.45, 2.75) is 12.5 Å². The van der Waals surface area contributed by atoms with Gasteiger partial charge in [-0.25, -0.2) is 4.79 Å². The number of carbonyl (C=O) groups is 2. The van der Waals surface area contributed by atoms with E-state index in [0.717, 1.165) is 5.56 Å². The molecule has 1 N–H and O–H groups in total. The van der Waals surface area contributed by atoms with E-state index < -0.39 is 17.9 Å². The maximum Gasteiger partial charge on any atom is 0.328 e. The van der Waals surface area contributed by atoms with Crippen molar-refractivity contribution >= 4 is 11.9 Å². The van der Waals surface area contributed by atoms with Gasteiger partial charge in [-0.2, -0.15) is 0 Å². The number of hydrogen-bond donors (Lipinski definition) is 1. The third kappa shape index (κ3) is 4.54. The molecular formula is C17H18N2O4. The van der Waals surface area contributed by atoms with Gasteiger partial charge in [0, 0.05) is 12.6 Å². The van der Waals surface area contributed by atoms with Crippen LogP contribution in [0.3, 0.4) is 0 Å². The first-order chi connectivity index (χ1) is 11.1. The zero-order chi connectivity index (χ0) is 16.7. The Bertz CT molecular complexity index is 673. The number of amides is 1. The van der Waals surface area contributed by atoms with Crippen molar-refractivity contribution in [2.75, 3.05) is 14.2 Å². The molecule has 6 nitrogen and oxygen atoms in total. The van der Waals surface area contributed by atoms with E-state index in [1.165, 1.54) is 13.3 Å². The summed E-state index contributed by atoms with van der Waals surface area (Å²) in [5.41, 5.74) is 1.09. The van der Waals surface area contributed by atoms with E-state index in [0.29, 0.717) is 12.2 Å². The monoisotopic (exact) mass is 314 g/mol. The zero-order valence-electron chi connectivity index (χ0n) is 13.0. The normalized spacial score (nSPS) is 11.4. The van der Waals surface area contributed by atoms with Crippen LogP contribution in [0.1, 0.15) is 16.1 Å². The number of pyridine rings is 1. The molecular weight excluding hydrogens is 296 g/mol. The standard InChI is InChI=1S/C17H18N2O4/c1-22-13-7-5-6-12(10-13)11-15(17(21)23-2)19-16(20)14-8-3-4-9-18-14/h3-10,15H,11H2,1-2H3,(H,19,20)/t15-/m0/s1. The third-order valence-electron chi connectivity index (χ3n) is 3.26. The number of ether oxygens (including phenoxy) is 2. The average molecular weight is 314 g/mol. The number of benzene rings is 1. The Morgan fingerprint density at radius 1 is 1.17 bits per heavy atom. The van der Waals surface area contributed by atoms with Gasteiger partial charge < -0.3 is 14.8 Å². The van der Waals surface area contributed by atoms with Crippen LogP contribution in [0.2, 0.25) is 0 Å². The molecule has 0 saturated carbocycles. The molecule has 0 aliphatic rings. The number of nitrogens with zero attached hydrogens (tertiary/aromatic N) is 1. The molecule has 23 heavy (non-hydrogen) atoms. The summed E-state index contributed by atoms with van der Waals surface area (Å²) < 4.78 is 9.93. The molecule has 0 aliphatic heterocycles. The fourth-order valence-electron chi connectivity index (χ4n) is 2.10. The zero-order valence-corrected chi connectivity index (χ0v) is 13.0. The molecule has 2 aromatic rings. The lowest BCUT2D eigenvalue weighted by molar-refractivity contribution is -0.142. The highest BCUT2D eigenvalue weighted by molar-refractivity contribution is 5.95. The first-order valence-electron chi connectivity index (χ1n) is 7.06. The molecule has 1 atom stereocenters. The molecule has 1 amide bonds. The first-order valence-corrected chi connectivity index (χ1v) is 7.06. The van der Waals surface area contributed by atoms with Gasteiger partial charge in [0.25, 0.3) is 5.91 Å². The highest BCUT2D eigenvalue weighted by Crippen LogP contribution is 2.14. The molecule has 0 fully saturated rings. The summed E-state index contributed by atoms with van der Waals surface area (Å²) in [5.74, 6) is -0.261. The third-order valence-corrected chi connectivity index (χ3v) is 3.26. The Balaban J connectivity index is 2.14. The maximum absolute atomic E-state index is 12.2. The van der Waals surface area contributed by atoms with E-state index in [1.54, 1.807) is 25.3 Å². The van der Waals surface area contributed by atoms with Gasteiger partial charge in [-0.15, -0.1) is 0 Å². The highest BCUT2D eigenvalue weighted by atomic mass is 16.5. The second-order valence-corrected chi connectivity index (χ2v) is 4.82. The second kappa shape index (κ2) is 7.93. The molecule has 0 aliphatic carbocycles. The minimum absolute atomic E-state index is 0.243. The summed E-state index contributed by atoms with van der Waals surface area (Å²) in [5, 5.41) is 2.65. The number of nitrogens with one attached hydrogen (secondary N) is 1. The lowest BCUT2D eigenvalue weighted by Crippen LogP contribution is -2.43. The SMILES string of the molecule is COC(=O)[C@H](Cc1cccc(OC)c1)NC(=O)c1ccccn1. The van der Waals surface area contributed by atoms with Crippen molar-refractivity contribution < 1.29 is 19.1 Å². The molecule has 1 aromatic heterocycles. The molecule has 2 rings (SSSR count). The Hall–Kier alpha value is -2.89. The molecule has 0 unspecified atom stereocenters. The average Bonchev–Trinajstić information content (AvgIpc) is 2.61. The van der Waals surface area contributed by atoms with Gasteiger partial charge in [-0.1, -0.05) is 18.2 Å². The Morgan fingerprint density at radius 2 is 2.00 bits per heavy atom. The van der Waals surface area contributed by atoms with Gasteiger partial charge in [0.15, 0.2) is 0 Å². The minimum atomic E-state index is -0.804. The highest BCUT2D eigenvalue weighted by Gasteiger charge is 2.23. The summed E-state index contributed by atoms with van der Waals surface area (Å²) >= 11 is 0. The molecule has 1 aromatic carbocycles. The number of rotatable bonds is 6. The van der Waals surface area contributed by atoms with Crippen LogP contribution in [0.15, 0.2) is 48.7 Å². The maximum atomic E-state index is 12.2. The number of carbonyl (C=O) groups excluding carboxylic acids is 2. The van der Waals surface area contributed by atoms with Crippen LogP contribution in [0, 0.1) is 0 Å².